The molecule has 3 unspecified atom stereocenters. The number of hydrogen-bond acceptors (Lipinski definition) is 4. The van der Waals surface area contributed by atoms with Gasteiger partial charge in [0.25, 0.3) is 0 Å². The molecule has 1 aromatic heterocycles. The number of fused-ring (bicyclic) bond motifs is 1. The van der Waals surface area contributed by atoms with E-state index in [1.54, 1.807) is 17.1 Å². The summed E-state index contributed by atoms with van der Waals surface area (Å²) in [4.78, 5) is 20.6. The number of carboxylic acids is 1. The van der Waals surface area contributed by atoms with Crippen LogP contribution in [0.4, 0.5) is 23.5 Å². The molecule has 2 fully saturated rings. The van der Waals surface area contributed by atoms with Gasteiger partial charge in [0.2, 0.25) is 5.95 Å². The fourth-order valence-electron chi connectivity index (χ4n) is 4.89. The summed E-state index contributed by atoms with van der Waals surface area (Å²) >= 11 is 0. The highest BCUT2D eigenvalue weighted by Gasteiger charge is 2.50. The van der Waals surface area contributed by atoms with Crippen molar-refractivity contribution in [2.45, 2.75) is 19.0 Å². The minimum absolute atomic E-state index is 0.0475. The highest BCUT2D eigenvalue weighted by Crippen LogP contribution is 2.50. The largest absolute Gasteiger partial charge is 0.476 e. The van der Waals surface area contributed by atoms with Gasteiger partial charge in [-0.25, -0.2) is 19.2 Å². The van der Waals surface area contributed by atoms with Crippen molar-refractivity contribution in [3.8, 4) is 0 Å². The number of carbonyl (C=O) groups is 1. The number of hydrogen-bond donors (Lipinski definition) is 1. The molecule has 0 amide bonds. The Hall–Kier alpha value is -2.45. The van der Waals surface area contributed by atoms with Crippen molar-refractivity contribution in [3.63, 3.8) is 0 Å². The molecule has 2 heterocycles. The molecule has 1 saturated carbocycles. The number of allylic oxidation sites excluding steroid dienone is 4. The molecule has 0 spiro atoms. The third kappa shape index (κ3) is 3.38. The molecule has 5 atom stereocenters. The molecule has 28 heavy (non-hydrogen) atoms. The Kier molecular flexibility index (Phi) is 4.63. The summed E-state index contributed by atoms with van der Waals surface area (Å²) in [5.41, 5.74) is -0.674. The van der Waals surface area contributed by atoms with Gasteiger partial charge in [-0.2, -0.15) is 13.2 Å². The number of nitrogens with zero attached hydrogens (tertiary/aromatic N) is 3. The molecule has 150 valence electrons. The first-order valence-electron chi connectivity index (χ1n) is 9.16. The van der Waals surface area contributed by atoms with Crippen molar-refractivity contribution >= 4 is 11.9 Å². The van der Waals surface area contributed by atoms with E-state index in [0.717, 1.165) is 6.20 Å². The van der Waals surface area contributed by atoms with Crippen molar-refractivity contribution in [1.29, 1.82) is 0 Å². The van der Waals surface area contributed by atoms with Gasteiger partial charge in [0.15, 0.2) is 11.5 Å². The molecule has 0 aromatic carbocycles. The summed E-state index contributed by atoms with van der Waals surface area (Å²) in [5, 5.41) is 9.01. The Morgan fingerprint density at radius 1 is 1.11 bits per heavy atom. The van der Waals surface area contributed by atoms with E-state index in [1.807, 2.05) is 0 Å². The first kappa shape index (κ1) is 18.9. The van der Waals surface area contributed by atoms with E-state index < -0.39 is 35.5 Å². The number of anilines is 1. The van der Waals surface area contributed by atoms with Crippen molar-refractivity contribution in [2.75, 3.05) is 18.0 Å². The Labute approximate surface area is 158 Å². The van der Waals surface area contributed by atoms with Crippen LogP contribution < -0.4 is 4.90 Å². The maximum atomic E-state index is 13.5. The molecule has 0 bridgehead atoms. The van der Waals surface area contributed by atoms with Crippen LogP contribution in [0.5, 0.6) is 0 Å². The van der Waals surface area contributed by atoms with Crippen LogP contribution in [-0.4, -0.2) is 40.3 Å². The van der Waals surface area contributed by atoms with Gasteiger partial charge in [-0.1, -0.05) is 24.3 Å². The van der Waals surface area contributed by atoms with Crippen LogP contribution in [0.15, 0.2) is 30.5 Å². The van der Waals surface area contributed by atoms with Gasteiger partial charge in [0.05, 0.1) is 12.1 Å². The smallest absolute Gasteiger partial charge is 0.395 e. The number of alkyl halides is 3. The minimum Gasteiger partial charge on any atom is -0.476 e. The second kappa shape index (κ2) is 6.86. The van der Waals surface area contributed by atoms with Crippen molar-refractivity contribution < 1.29 is 27.5 Å². The van der Waals surface area contributed by atoms with E-state index in [1.165, 1.54) is 12.2 Å². The first-order chi connectivity index (χ1) is 13.2. The third-order valence-electron chi connectivity index (χ3n) is 6.10. The van der Waals surface area contributed by atoms with Crippen LogP contribution in [0.3, 0.4) is 0 Å². The van der Waals surface area contributed by atoms with E-state index in [2.05, 4.69) is 9.97 Å². The lowest BCUT2D eigenvalue weighted by Crippen LogP contribution is -2.33. The maximum Gasteiger partial charge on any atom is 0.395 e. The molecule has 5 nitrogen and oxygen atoms in total. The normalized spacial score (nSPS) is 32.0. The predicted octanol–water partition coefficient (Wildman–Crippen LogP) is 3.70. The summed E-state index contributed by atoms with van der Waals surface area (Å²) in [5.74, 6) is -3.96. The zero-order valence-electron chi connectivity index (χ0n) is 14.8. The number of halogens is 4. The molecular formula is C19H19F4N3O2. The molecule has 3 aliphatic rings. The summed E-state index contributed by atoms with van der Waals surface area (Å²) in [6.07, 6.45) is 3.98. The fraction of sp³-hybridized carbons (Fsp3) is 0.526. The van der Waals surface area contributed by atoms with Crippen molar-refractivity contribution in [3.05, 3.63) is 42.0 Å². The highest BCUT2D eigenvalue weighted by atomic mass is 19.4. The van der Waals surface area contributed by atoms with Crippen LogP contribution in [0.1, 0.15) is 23.3 Å². The molecule has 4 rings (SSSR count). The first-order valence-corrected chi connectivity index (χ1v) is 9.16. The van der Waals surface area contributed by atoms with E-state index in [9.17, 15) is 22.4 Å². The standard InChI is InChI=1S/C19H19F4N3O2/c20-15-7-24-18(25-16(15)17(27)28)26-8-11-5-10(6-12(11)9-26)13-3-1-2-4-14(13)19(21,22)23/h1-4,7,10-14H,5-6,8-9H2,(H,27,28)/t10?,11-,12+,13?,14?. The average molecular weight is 397 g/mol. The molecule has 2 aliphatic carbocycles. The Morgan fingerprint density at radius 2 is 1.75 bits per heavy atom. The van der Waals surface area contributed by atoms with Crippen molar-refractivity contribution in [2.24, 2.45) is 29.6 Å². The van der Waals surface area contributed by atoms with Crippen LogP contribution in [0.2, 0.25) is 0 Å². The van der Waals surface area contributed by atoms with Gasteiger partial charge in [-0.15, -0.1) is 0 Å². The molecule has 1 aliphatic heterocycles. The van der Waals surface area contributed by atoms with Gasteiger partial charge in [0, 0.05) is 13.1 Å². The van der Waals surface area contributed by atoms with Crippen molar-refractivity contribution in [1.82, 2.24) is 9.97 Å². The zero-order chi connectivity index (χ0) is 20.1. The van der Waals surface area contributed by atoms with Crippen LogP contribution in [0.25, 0.3) is 0 Å². The summed E-state index contributed by atoms with van der Waals surface area (Å²) in [7, 11) is 0. The number of aromatic carboxylic acids is 1. The second-order valence-electron chi connectivity index (χ2n) is 7.74. The zero-order valence-corrected chi connectivity index (χ0v) is 14.8. The van der Waals surface area contributed by atoms with E-state index in [0.29, 0.717) is 25.9 Å². The number of aromatic nitrogens is 2. The molecule has 0 radical (unpaired) electrons. The van der Waals surface area contributed by atoms with Crippen LogP contribution >= 0.6 is 0 Å². The Morgan fingerprint density at radius 3 is 2.36 bits per heavy atom. The summed E-state index contributed by atoms with van der Waals surface area (Å²) in [6, 6.07) is 0. The molecule has 1 aromatic rings. The fourth-order valence-corrected chi connectivity index (χ4v) is 4.89. The van der Waals surface area contributed by atoms with Gasteiger partial charge >= 0.3 is 12.1 Å². The van der Waals surface area contributed by atoms with Gasteiger partial charge in [-0.3, -0.25) is 0 Å². The SMILES string of the molecule is O=C(O)c1nc(N2C[C@H]3CC(C4C=CC=CC4C(F)(F)F)C[C@H]3C2)ncc1F. The lowest BCUT2D eigenvalue weighted by Gasteiger charge is -2.31. The number of carboxylic acid groups (broad SMARTS) is 1. The molecule has 1 N–H and O–H groups in total. The molecular weight excluding hydrogens is 378 g/mol. The van der Waals surface area contributed by atoms with Gasteiger partial charge in [0.1, 0.15) is 0 Å². The average Bonchev–Trinajstić information content (AvgIpc) is 3.20. The Balaban J connectivity index is 1.45. The van der Waals surface area contributed by atoms with E-state index >= 15 is 0 Å². The lowest BCUT2D eigenvalue weighted by atomic mass is 9.77. The molecule has 9 heteroatoms. The lowest BCUT2D eigenvalue weighted by molar-refractivity contribution is -0.174. The minimum atomic E-state index is -4.26. The predicted molar refractivity (Wildman–Crippen MR) is 92.2 cm³/mol. The van der Waals surface area contributed by atoms with Crippen LogP contribution in [-0.2, 0) is 0 Å². The van der Waals surface area contributed by atoms with Gasteiger partial charge < -0.3 is 10.0 Å². The van der Waals surface area contributed by atoms with E-state index in [4.69, 9.17) is 5.11 Å². The molecule has 1 saturated heterocycles. The topological polar surface area (TPSA) is 66.3 Å². The maximum absolute atomic E-state index is 13.5. The second-order valence-corrected chi connectivity index (χ2v) is 7.74. The monoisotopic (exact) mass is 397 g/mol. The highest BCUT2D eigenvalue weighted by molar-refractivity contribution is 5.85. The van der Waals surface area contributed by atoms with Gasteiger partial charge in [-0.05, 0) is 36.5 Å². The van der Waals surface area contributed by atoms with E-state index in [-0.39, 0.29) is 23.7 Å². The third-order valence-corrected chi connectivity index (χ3v) is 6.10. The summed E-state index contributed by atoms with van der Waals surface area (Å²) in [6.45, 7) is 1.07. The summed E-state index contributed by atoms with van der Waals surface area (Å²) < 4.78 is 53.6. The number of rotatable bonds is 3. The quantitative estimate of drug-likeness (QED) is 0.788. The van der Waals surface area contributed by atoms with Crippen LogP contribution in [0, 0.1) is 35.4 Å². The Bertz CT molecular complexity index is 825.